The number of non-ortho nitro benzene ring substituents is 1. The number of hydrogen-bond donors (Lipinski definition) is 0. The number of nitro benzene ring substituents is 1. The maximum absolute atomic E-state index is 10.8. The van der Waals surface area contributed by atoms with Gasteiger partial charge in [-0.25, -0.2) is 0 Å². The van der Waals surface area contributed by atoms with Crippen molar-refractivity contribution >= 4 is 33.3 Å². The van der Waals surface area contributed by atoms with Crippen molar-refractivity contribution in [2.45, 2.75) is 13.5 Å². The fourth-order valence-electron chi connectivity index (χ4n) is 3.06. The third kappa shape index (κ3) is 6.11. The van der Waals surface area contributed by atoms with Crippen LogP contribution in [-0.4, -0.2) is 18.6 Å². The summed E-state index contributed by atoms with van der Waals surface area (Å²) in [6.07, 6.45) is 1.77. The standard InChI is InChI=1S/C25H21BrN2O5/c1-3-32-24-14-18(12-20(15-27)19-6-10-22(31-2)11-7-19)13-23(26)25(24)33-16-17-4-8-21(9-5-17)28(29)30/h4-14H,3,16H2,1-2H3/b20-12+. The number of nitro groups is 1. The molecular weight excluding hydrogens is 488 g/mol. The Labute approximate surface area is 200 Å². The summed E-state index contributed by atoms with van der Waals surface area (Å²) in [5, 5.41) is 20.5. The van der Waals surface area contributed by atoms with Gasteiger partial charge in [-0.15, -0.1) is 0 Å². The Balaban J connectivity index is 1.87. The van der Waals surface area contributed by atoms with Crippen LogP contribution in [0.1, 0.15) is 23.6 Å². The average molecular weight is 509 g/mol. The Kier molecular flexibility index (Phi) is 8.06. The first kappa shape index (κ1) is 23.8. The van der Waals surface area contributed by atoms with Crippen LogP contribution < -0.4 is 14.2 Å². The van der Waals surface area contributed by atoms with E-state index >= 15 is 0 Å². The number of nitrogens with zero attached hydrogens (tertiary/aromatic N) is 2. The van der Waals surface area contributed by atoms with Gasteiger partial charge in [0.2, 0.25) is 0 Å². The number of rotatable bonds is 9. The molecule has 7 nitrogen and oxygen atoms in total. The molecule has 0 aliphatic heterocycles. The maximum Gasteiger partial charge on any atom is 0.269 e. The number of hydrogen-bond acceptors (Lipinski definition) is 6. The van der Waals surface area contributed by atoms with Crippen molar-refractivity contribution in [3.63, 3.8) is 0 Å². The summed E-state index contributed by atoms with van der Waals surface area (Å²) in [4.78, 5) is 10.4. The van der Waals surface area contributed by atoms with Crippen LogP contribution in [-0.2, 0) is 6.61 Å². The van der Waals surface area contributed by atoms with E-state index in [1.54, 1.807) is 43.5 Å². The summed E-state index contributed by atoms with van der Waals surface area (Å²) in [5.74, 6) is 1.74. The number of allylic oxidation sites excluding steroid dienone is 1. The molecule has 8 heteroatoms. The van der Waals surface area contributed by atoms with E-state index in [1.165, 1.54) is 12.1 Å². The van der Waals surface area contributed by atoms with E-state index in [4.69, 9.17) is 14.2 Å². The molecule has 0 unspecified atom stereocenters. The molecule has 0 spiro atoms. The molecule has 0 N–H and O–H groups in total. The van der Waals surface area contributed by atoms with Gasteiger partial charge in [0.25, 0.3) is 5.69 Å². The molecule has 0 saturated heterocycles. The second-order valence-corrected chi connectivity index (χ2v) is 7.73. The van der Waals surface area contributed by atoms with E-state index in [9.17, 15) is 15.4 Å². The number of halogens is 1. The van der Waals surface area contributed by atoms with Crippen molar-refractivity contribution in [3.8, 4) is 23.3 Å². The quantitative estimate of drug-likeness (QED) is 0.143. The summed E-state index contributed by atoms with van der Waals surface area (Å²) < 4.78 is 17.6. The Morgan fingerprint density at radius 3 is 2.39 bits per heavy atom. The lowest BCUT2D eigenvalue weighted by atomic mass is 10.0. The fraction of sp³-hybridized carbons (Fsp3) is 0.160. The van der Waals surface area contributed by atoms with E-state index in [0.29, 0.717) is 33.9 Å². The Hall–Kier alpha value is -3.83. The second-order valence-electron chi connectivity index (χ2n) is 6.87. The van der Waals surface area contributed by atoms with Crippen LogP contribution in [0.4, 0.5) is 5.69 Å². The minimum atomic E-state index is -0.442. The summed E-state index contributed by atoms with van der Waals surface area (Å²) in [7, 11) is 1.59. The lowest BCUT2D eigenvalue weighted by Gasteiger charge is -2.15. The van der Waals surface area contributed by atoms with Crippen LogP contribution in [0.25, 0.3) is 11.6 Å². The van der Waals surface area contributed by atoms with Gasteiger partial charge in [0.05, 0.1) is 34.8 Å². The summed E-state index contributed by atoms with van der Waals surface area (Å²) >= 11 is 3.54. The Morgan fingerprint density at radius 2 is 1.82 bits per heavy atom. The molecule has 3 rings (SSSR count). The first-order valence-corrected chi connectivity index (χ1v) is 10.8. The van der Waals surface area contributed by atoms with Crippen LogP contribution in [0.2, 0.25) is 0 Å². The first-order valence-electron chi connectivity index (χ1n) is 10.0. The predicted octanol–water partition coefficient (Wildman–Crippen LogP) is 6.41. The van der Waals surface area contributed by atoms with E-state index in [2.05, 4.69) is 22.0 Å². The predicted molar refractivity (Wildman–Crippen MR) is 129 cm³/mol. The zero-order chi connectivity index (χ0) is 23.8. The maximum atomic E-state index is 10.8. The van der Waals surface area contributed by atoms with Crippen molar-refractivity contribution in [2.24, 2.45) is 0 Å². The van der Waals surface area contributed by atoms with Crippen LogP contribution in [0, 0.1) is 21.4 Å². The third-order valence-electron chi connectivity index (χ3n) is 4.69. The first-order chi connectivity index (χ1) is 15.9. The smallest absolute Gasteiger partial charge is 0.269 e. The van der Waals surface area contributed by atoms with Crippen LogP contribution in [0.5, 0.6) is 17.2 Å². The average Bonchev–Trinajstić information content (AvgIpc) is 2.82. The molecule has 0 aliphatic carbocycles. The molecule has 0 atom stereocenters. The van der Waals surface area contributed by atoms with Crippen LogP contribution >= 0.6 is 15.9 Å². The minimum absolute atomic E-state index is 0.0243. The van der Waals surface area contributed by atoms with Gasteiger partial charge in [-0.3, -0.25) is 10.1 Å². The van der Waals surface area contributed by atoms with E-state index < -0.39 is 4.92 Å². The zero-order valence-electron chi connectivity index (χ0n) is 18.1. The summed E-state index contributed by atoms with van der Waals surface area (Å²) in [6.45, 7) is 2.51. The van der Waals surface area contributed by atoms with Gasteiger partial charge in [-0.05, 0) is 94.2 Å². The molecule has 3 aromatic rings. The molecule has 0 amide bonds. The highest BCUT2D eigenvalue weighted by Crippen LogP contribution is 2.38. The molecule has 0 aliphatic rings. The molecule has 0 fully saturated rings. The lowest BCUT2D eigenvalue weighted by Crippen LogP contribution is -2.01. The number of nitriles is 1. The lowest BCUT2D eigenvalue weighted by molar-refractivity contribution is -0.384. The highest BCUT2D eigenvalue weighted by Gasteiger charge is 2.14. The number of benzene rings is 3. The Bertz CT molecular complexity index is 1200. The Morgan fingerprint density at radius 1 is 1.12 bits per heavy atom. The van der Waals surface area contributed by atoms with Gasteiger partial charge in [-0.2, -0.15) is 5.26 Å². The van der Waals surface area contributed by atoms with Crippen molar-refractivity contribution in [3.05, 3.63) is 91.9 Å². The van der Waals surface area contributed by atoms with E-state index in [-0.39, 0.29) is 12.3 Å². The molecule has 33 heavy (non-hydrogen) atoms. The molecular formula is C25H21BrN2O5. The monoisotopic (exact) mass is 508 g/mol. The van der Waals surface area contributed by atoms with Gasteiger partial charge < -0.3 is 14.2 Å². The molecule has 168 valence electrons. The summed E-state index contributed by atoms with van der Waals surface area (Å²) in [5.41, 5.74) is 2.83. The highest BCUT2D eigenvalue weighted by molar-refractivity contribution is 9.10. The minimum Gasteiger partial charge on any atom is -0.497 e. The van der Waals surface area contributed by atoms with Crippen LogP contribution in [0.3, 0.4) is 0 Å². The zero-order valence-corrected chi connectivity index (χ0v) is 19.7. The highest BCUT2D eigenvalue weighted by atomic mass is 79.9. The molecule has 0 aromatic heterocycles. The van der Waals surface area contributed by atoms with Gasteiger partial charge >= 0.3 is 0 Å². The van der Waals surface area contributed by atoms with Crippen molar-refractivity contribution in [1.82, 2.24) is 0 Å². The van der Waals surface area contributed by atoms with Crippen molar-refractivity contribution in [1.29, 1.82) is 5.26 Å². The topological polar surface area (TPSA) is 94.6 Å². The molecule has 3 aromatic carbocycles. The van der Waals surface area contributed by atoms with Gasteiger partial charge in [-0.1, -0.05) is 0 Å². The SMILES string of the molecule is CCOc1cc(/C=C(\C#N)c2ccc(OC)cc2)cc(Br)c1OCc1ccc([N+](=O)[O-])cc1. The van der Waals surface area contributed by atoms with Crippen molar-refractivity contribution in [2.75, 3.05) is 13.7 Å². The number of ether oxygens (including phenoxy) is 3. The fourth-order valence-corrected chi connectivity index (χ4v) is 3.64. The van der Waals surface area contributed by atoms with Gasteiger partial charge in [0.1, 0.15) is 12.4 Å². The van der Waals surface area contributed by atoms with Gasteiger partial charge in [0.15, 0.2) is 11.5 Å². The molecule has 0 saturated carbocycles. The summed E-state index contributed by atoms with van der Waals surface area (Å²) in [6, 6.07) is 19.3. The molecule has 0 radical (unpaired) electrons. The van der Waals surface area contributed by atoms with E-state index in [0.717, 1.165) is 16.7 Å². The largest absolute Gasteiger partial charge is 0.497 e. The normalized spacial score (nSPS) is 10.9. The second kappa shape index (κ2) is 11.2. The molecule has 0 bridgehead atoms. The molecule has 0 heterocycles. The van der Waals surface area contributed by atoms with Crippen molar-refractivity contribution < 1.29 is 19.1 Å². The van der Waals surface area contributed by atoms with E-state index in [1.807, 2.05) is 25.1 Å². The number of methoxy groups -OCH3 is 1. The van der Waals surface area contributed by atoms with Crippen LogP contribution in [0.15, 0.2) is 65.1 Å². The van der Waals surface area contributed by atoms with Gasteiger partial charge in [0, 0.05) is 12.1 Å². The third-order valence-corrected chi connectivity index (χ3v) is 5.28.